The van der Waals surface area contributed by atoms with Gasteiger partial charge < -0.3 is 15.8 Å². The molecule has 0 radical (unpaired) electrons. The summed E-state index contributed by atoms with van der Waals surface area (Å²) >= 11 is 0. The predicted molar refractivity (Wildman–Crippen MR) is 107 cm³/mol. The van der Waals surface area contributed by atoms with Gasteiger partial charge in [0.25, 0.3) is 0 Å². The third-order valence-corrected chi connectivity index (χ3v) is 5.03. The van der Waals surface area contributed by atoms with Gasteiger partial charge >= 0.3 is 5.97 Å². The van der Waals surface area contributed by atoms with Crippen molar-refractivity contribution >= 4 is 33.4 Å². The topological polar surface area (TPSA) is 137 Å². The van der Waals surface area contributed by atoms with Gasteiger partial charge in [-0.15, -0.1) is 0 Å². The van der Waals surface area contributed by atoms with Gasteiger partial charge in [0.2, 0.25) is 11.9 Å². The van der Waals surface area contributed by atoms with Crippen LogP contribution in [0.5, 0.6) is 0 Å². The molecule has 3 N–H and O–H groups in total. The molecule has 0 spiro atoms. The number of benzene rings is 2. The molecule has 0 aliphatic carbocycles. The molecule has 0 unspecified atom stereocenters. The Kier molecular flexibility index (Phi) is 5.74. The Hall–Kier alpha value is -3.53. The highest BCUT2D eigenvalue weighted by Crippen LogP contribution is 2.18. The van der Waals surface area contributed by atoms with Crippen LogP contribution in [0.1, 0.15) is 21.7 Å². The maximum Gasteiger partial charge on any atom is 0.338 e. The van der Waals surface area contributed by atoms with Crippen LogP contribution in [0.4, 0.5) is 17.6 Å². The average Bonchev–Trinajstić information content (AvgIpc) is 2.67. The lowest BCUT2D eigenvalue weighted by molar-refractivity contribution is 0.0462. The van der Waals surface area contributed by atoms with Crippen LogP contribution in [-0.2, 0) is 21.2 Å². The highest BCUT2D eigenvalue weighted by Gasteiger charge is 2.14. The summed E-state index contributed by atoms with van der Waals surface area (Å²) in [6, 6.07) is 13.2. The van der Waals surface area contributed by atoms with Gasteiger partial charge in [0.1, 0.15) is 0 Å². The summed E-state index contributed by atoms with van der Waals surface area (Å²) in [7, 11) is -3.44. The molecule has 0 amide bonds. The maximum absolute atomic E-state index is 12.3. The zero-order chi connectivity index (χ0) is 21.0. The third-order valence-electron chi connectivity index (χ3n) is 3.92. The van der Waals surface area contributed by atoms with E-state index in [-0.39, 0.29) is 34.8 Å². The van der Waals surface area contributed by atoms with E-state index < -0.39 is 15.8 Å². The van der Waals surface area contributed by atoms with E-state index in [2.05, 4.69) is 20.3 Å². The number of aromatic nitrogens is 3. The number of nitrogen functional groups attached to an aromatic ring is 1. The van der Waals surface area contributed by atoms with E-state index in [0.29, 0.717) is 0 Å². The number of sulfone groups is 1. The standard InChI is InChI=1S/C19H19N5O4S/c1-12-6-3-4-9-15(12)21-19-23-16(22-18(20)24-19)11-28-17(25)13-7-5-8-14(10-13)29(2,26)27/h3-10H,11H2,1-2H3,(H3,20,21,22,23,24). The number of para-hydroxylation sites is 1. The predicted octanol–water partition coefficient (Wildman–Crippen LogP) is 2.27. The number of aryl methyl sites for hydroxylation is 1. The smallest absolute Gasteiger partial charge is 0.338 e. The molecule has 0 atom stereocenters. The number of hydrogen-bond donors (Lipinski definition) is 2. The molecule has 150 valence electrons. The molecule has 3 rings (SSSR count). The van der Waals surface area contributed by atoms with E-state index in [1.807, 2.05) is 31.2 Å². The number of ether oxygens (including phenoxy) is 1. The van der Waals surface area contributed by atoms with Crippen LogP contribution < -0.4 is 11.1 Å². The first kappa shape index (κ1) is 20.2. The van der Waals surface area contributed by atoms with Crippen molar-refractivity contribution in [1.82, 2.24) is 15.0 Å². The molecule has 3 aromatic rings. The average molecular weight is 413 g/mol. The van der Waals surface area contributed by atoms with E-state index >= 15 is 0 Å². The lowest BCUT2D eigenvalue weighted by Gasteiger charge is -2.10. The van der Waals surface area contributed by atoms with Gasteiger partial charge in [0.05, 0.1) is 10.5 Å². The van der Waals surface area contributed by atoms with E-state index in [0.717, 1.165) is 17.5 Å². The van der Waals surface area contributed by atoms with Crippen molar-refractivity contribution in [2.75, 3.05) is 17.3 Å². The van der Waals surface area contributed by atoms with E-state index in [4.69, 9.17) is 10.5 Å². The Bertz CT molecular complexity index is 1160. The minimum atomic E-state index is -3.44. The van der Waals surface area contributed by atoms with Crippen LogP contribution in [0, 0.1) is 6.92 Å². The Labute approximate surface area is 167 Å². The van der Waals surface area contributed by atoms with Crippen LogP contribution in [0.15, 0.2) is 53.4 Å². The minimum Gasteiger partial charge on any atom is -0.454 e. The summed E-state index contributed by atoms with van der Waals surface area (Å²) in [5.74, 6) is -0.359. The Morgan fingerprint density at radius 3 is 2.59 bits per heavy atom. The highest BCUT2D eigenvalue weighted by molar-refractivity contribution is 7.90. The van der Waals surface area contributed by atoms with Gasteiger partial charge in [0.15, 0.2) is 22.3 Å². The molecule has 10 heteroatoms. The Morgan fingerprint density at radius 1 is 1.10 bits per heavy atom. The van der Waals surface area contributed by atoms with E-state index in [9.17, 15) is 13.2 Å². The maximum atomic E-state index is 12.3. The first-order chi connectivity index (χ1) is 13.7. The van der Waals surface area contributed by atoms with Gasteiger partial charge in [0, 0.05) is 11.9 Å². The highest BCUT2D eigenvalue weighted by atomic mass is 32.2. The molecule has 2 aromatic carbocycles. The first-order valence-corrected chi connectivity index (χ1v) is 10.4. The van der Waals surface area contributed by atoms with Crippen molar-refractivity contribution in [2.24, 2.45) is 0 Å². The second-order valence-electron chi connectivity index (χ2n) is 6.25. The fourth-order valence-electron chi connectivity index (χ4n) is 2.46. The number of rotatable bonds is 6. The number of hydrogen-bond acceptors (Lipinski definition) is 9. The third kappa shape index (κ3) is 5.26. The summed E-state index contributed by atoms with van der Waals surface area (Å²) in [5.41, 5.74) is 7.63. The van der Waals surface area contributed by atoms with Gasteiger partial charge in [-0.1, -0.05) is 24.3 Å². The number of nitrogens with two attached hydrogens (primary N) is 1. The van der Waals surface area contributed by atoms with Crippen molar-refractivity contribution in [2.45, 2.75) is 18.4 Å². The number of carbonyl (C=O) groups excluding carboxylic acids is 1. The first-order valence-electron chi connectivity index (χ1n) is 8.53. The van der Waals surface area contributed by atoms with Crippen molar-refractivity contribution in [3.63, 3.8) is 0 Å². The zero-order valence-electron chi connectivity index (χ0n) is 15.8. The number of anilines is 3. The molecule has 1 heterocycles. The van der Waals surface area contributed by atoms with Crippen LogP contribution in [0.2, 0.25) is 0 Å². The zero-order valence-corrected chi connectivity index (χ0v) is 16.6. The lowest BCUT2D eigenvalue weighted by atomic mass is 10.2. The molecule has 0 aliphatic heterocycles. The molecular formula is C19H19N5O4S. The Balaban J connectivity index is 1.73. The van der Waals surface area contributed by atoms with E-state index in [1.54, 1.807) is 0 Å². The lowest BCUT2D eigenvalue weighted by Crippen LogP contribution is -2.12. The van der Waals surface area contributed by atoms with Crippen LogP contribution in [0.3, 0.4) is 0 Å². The summed E-state index contributed by atoms with van der Waals surface area (Å²) in [6.45, 7) is 1.68. The number of nitrogens with one attached hydrogen (secondary N) is 1. The molecule has 0 fully saturated rings. The van der Waals surface area contributed by atoms with Crippen molar-refractivity contribution in [3.05, 3.63) is 65.5 Å². The van der Waals surface area contributed by atoms with Crippen LogP contribution in [-0.4, -0.2) is 35.6 Å². The summed E-state index contributed by atoms with van der Waals surface area (Å²) in [4.78, 5) is 24.5. The number of nitrogens with zero attached hydrogens (tertiary/aromatic N) is 3. The van der Waals surface area contributed by atoms with Crippen molar-refractivity contribution in [3.8, 4) is 0 Å². The Morgan fingerprint density at radius 2 is 1.86 bits per heavy atom. The number of carbonyl (C=O) groups is 1. The van der Waals surface area contributed by atoms with Gasteiger partial charge in [-0.3, -0.25) is 0 Å². The van der Waals surface area contributed by atoms with Crippen LogP contribution in [0.25, 0.3) is 0 Å². The molecule has 1 aromatic heterocycles. The fraction of sp³-hybridized carbons (Fsp3) is 0.158. The quantitative estimate of drug-likeness (QED) is 0.583. The normalized spacial score (nSPS) is 11.1. The molecule has 0 saturated heterocycles. The minimum absolute atomic E-state index is 0.0267. The molecule has 0 saturated carbocycles. The monoisotopic (exact) mass is 413 g/mol. The summed E-state index contributed by atoms with van der Waals surface area (Å²) < 4.78 is 28.5. The van der Waals surface area contributed by atoms with Crippen molar-refractivity contribution < 1.29 is 17.9 Å². The summed E-state index contributed by atoms with van der Waals surface area (Å²) in [6.07, 6.45) is 1.06. The molecule has 29 heavy (non-hydrogen) atoms. The largest absolute Gasteiger partial charge is 0.454 e. The molecular weight excluding hydrogens is 394 g/mol. The van der Waals surface area contributed by atoms with Crippen LogP contribution >= 0.6 is 0 Å². The molecule has 0 aliphatic rings. The van der Waals surface area contributed by atoms with Gasteiger partial charge in [-0.25, -0.2) is 13.2 Å². The fourth-order valence-corrected chi connectivity index (χ4v) is 3.13. The van der Waals surface area contributed by atoms with Crippen molar-refractivity contribution in [1.29, 1.82) is 0 Å². The van der Waals surface area contributed by atoms with E-state index in [1.165, 1.54) is 24.3 Å². The second kappa shape index (κ2) is 8.23. The van der Waals surface area contributed by atoms with Gasteiger partial charge in [-0.2, -0.15) is 15.0 Å². The molecule has 0 bridgehead atoms. The van der Waals surface area contributed by atoms with Gasteiger partial charge in [-0.05, 0) is 36.8 Å². The molecule has 9 nitrogen and oxygen atoms in total. The summed E-state index contributed by atoms with van der Waals surface area (Å²) in [5, 5.41) is 3.05. The number of esters is 1. The second-order valence-corrected chi connectivity index (χ2v) is 8.27. The SMILES string of the molecule is Cc1ccccc1Nc1nc(N)nc(COC(=O)c2cccc(S(C)(=O)=O)c2)n1.